The van der Waals surface area contributed by atoms with Gasteiger partial charge in [-0.2, -0.15) is 5.10 Å². The summed E-state index contributed by atoms with van der Waals surface area (Å²) in [5, 5.41) is 11.0. The number of hydrogen-bond donors (Lipinski definition) is 2. The Morgan fingerprint density at radius 3 is 2.38 bits per heavy atom. The van der Waals surface area contributed by atoms with Crippen molar-refractivity contribution in [2.75, 3.05) is 13.1 Å². The van der Waals surface area contributed by atoms with Gasteiger partial charge in [-0.25, -0.2) is 9.78 Å². The average molecular weight is 460 g/mol. The van der Waals surface area contributed by atoms with Crippen LogP contribution in [0.15, 0.2) is 35.7 Å². The number of carbonyl (C=O) groups excluding carboxylic acids is 2. The zero-order valence-corrected chi connectivity index (χ0v) is 20.3. The van der Waals surface area contributed by atoms with E-state index >= 15 is 0 Å². The van der Waals surface area contributed by atoms with E-state index in [0.29, 0.717) is 29.7 Å². The van der Waals surface area contributed by atoms with Crippen molar-refractivity contribution in [2.45, 2.75) is 69.8 Å². The molecular weight excluding hydrogens is 426 g/mol. The van der Waals surface area contributed by atoms with Crippen LogP contribution in [0.2, 0.25) is 0 Å². The van der Waals surface area contributed by atoms with Gasteiger partial charge in [0.15, 0.2) is 5.16 Å². The predicted molar refractivity (Wildman–Crippen MR) is 125 cm³/mol. The molecule has 174 valence electrons. The Kier molecular flexibility index (Phi) is 7.48. The zero-order chi connectivity index (χ0) is 23.4. The van der Waals surface area contributed by atoms with Crippen molar-refractivity contribution < 1.29 is 14.3 Å². The van der Waals surface area contributed by atoms with Crippen LogP contribution in [-0.4, -0.2) is 56.0 Å². The van der Waals surface area contributed by atoms with E-state index in [1.165, 1.54) is 6.33 Å². The fourth-order valence-electron chi connectivity index (χ4n) is 4.15. The maximum Gasteiger partial charge on any atom is 0.415 e. The fraction of sp³-hybridized carbons (Fsp3) is 0.565. The van der Waals surface area contributed by atoms with Gasteiger partial charge in [-0.1, -0.05) is 32.5 Å². The number of thioether (sulfide) groups is 1. The number of carbonyl (C=O) groups is 2. The molecule has 1 aromatic carbocycles. The van der Waals surface area contributed by atoms with Crippen LogP contribution >= 0.6 is 11.8 Å². The molecule has 0 unspecified atom stereocenters. The molecule has 1 fully saturated rings. The molecule has 1 saturated heterocycles. The first-order chi connectivity index (χ1) is 15.0. The Morgan fingerprint density at radius 1 is 1.16 bits per heavy atom. The highest BCUT2D eigenvalue weighted by Gasteiger charge is 2.28. The third-order valence-electron chi connectivity index (χ3n) is 5.12. The number of aromatic amines is 1. The maximum atomic E-state index is 12.6. The molecule has 0 bridgehead atoms. The standard InChI is InChI=1S/C23H33N5O3S/c1-22(2,3)14-23(4,5)26-19(29)16-6-8-17(9-7-16)31-21(30)28-12-10-18(11-13-28)32-20-24-15-25-27-20/h6-9,15,18H,10-14H2,1-5H3,(H,26,29)(H,24,25,27). The van der Waals surface area contributed by atoms with Gasteiger partial charge in [0.2, 0.25) is 0 Å². The summed E-state index contributed by atoms with van der Waals surface area (Å²) in [5.74, 6) is 0.294. The molecule has 9 heteroatoms. The first-order valence-electron chi connectivity index (χ1n) is 10.9. The predicted octanol–water partition coefficient (Wildman–Crippen LogP) is 4.50. The normalized spacial score (nSPS) is 15.5. The second-order valence-corrected chi connectivity index (χ2v) is 11.4. The van der Waals surface area contributed by atoms with Crippen molar-refractivity contribution >= 4 is 23.8 Å². The number of hydrogen-bond acceptors (Lipinski definition) is 6. The molecule has 1 aliphatic heterocycles. The van der Waals surface area contributed by atoms with Crippen LogP contribution in [0.1, 0.15) is 64.2 Å². The topological polar surface area (TPSA) is 100 Å². The second kappa shape index (κ2) is 9.94. The molecule has 8 nitrogen and oxygen atoms in total. The number of benzene rings is 1. The van der Waals surface area contributed by atoms with Crippen LogP contribution in [0.25, 0.3) is 0 Å². The van der Waals surface area contributed by atoms with Gasteiger partial charge in [0.25, 0.3) is 5.91 Å². The fourth-order valence-corrected chi connectivity index (χ4v) is 5.13. The molecule has 2 N–H and O–H groups in total. The number of likely N-dealkylation sites (tertiary alicyclic amines) is 1. The summed E-state index contributed by atoms with van der Waals surface area (Å²) < 4.78 is 5.52. The van der Waals surface area contributed by atoms with Crippen molar-refractivity contribution in [1.29, 1.82) is 0 Å². The zero-order valence-electron chi connectivity index (χ0n) is 19.5. The molecular formula is C23H33N5O3S. The Balaban J connectivity index is 1.48. The molecule has 0 aliphatic carbocycles. The summed E-state index contributed by atoms with van der Waals surface area (Å²) in [6, 6.07) is 6.70. The van der Waals surface area contributed by atoms with E-state index < -0.39 is 0 Å². The molecule has 0 spiro atoms. The molecule has 3 rings (SSSR count). The molecule has 2 amide bonds. The monoisotopic (exact) mass is 459 g/mol. The van der Waals surface area contributed by atoms with Gasteiger partial charge in [0, 0.05) is 29.4 Å². The number of nitrogens with one attached hydrogen (secondary N) is 2. The number of nitrogens with zero attached hydrogens (tertiary/aromatic N) is 3. The lowest BCUT2D eigenvalue weighted by molar-refractivity contribution is 0.0891. The van der Waals surface area contributed by atoms with Crippen LogP contribution in [0.4, 0.5) is 4.79 Å². The number of H-pyrrole nitrogens is 1. The lowest BCUT2D eigenvalue weighted by Crippen LogP contribution is -2.45. The van der Waals surface area contributed by atoms with Crippen molar-refractivity contribution in [3.8, 4) is 5.75 Å². The highest BCUT2D eigenvalue weighted by Crippen LogP contribution is 2.29. The first-order valence-corrected chi connectivity index (χ1v) is 11.8. The third kappa shape index (κ3) is 7.25. The van der Waals surface area contributed by atoms with Gasteiger partial charge in [0.05, 0.1) is 0 Å². The molecule has 0 saturated carbocycles. The lowest BCUT2D eigenvalue weighted by atomic mass is 9.81. The number of ether oxygens (including phenoxy) is 1. The van der Waals surface area contributed by atoms with Gasteiger partial charge >= 0.3 is 6.09 Å². The van der Waals surface area contributed by atoms with Crippen molar-refractivity contribution in [2.24, 2.45) is 5.41 Å². The van der Waals surface area contributed by atoms with Gasteiger partial charge < -0.3 is 15.0 Å². The first kappa shape index (κ1) is 24.1. The van der Waals surface area contributed by atoms with E-state index in [-0.39, 0.29) is 23.0 Å². The second-order valence-electron chi connectivity index (χ2n) is 10.1. The van der Waals surface area contributed by atoms with E-state index in [0.717, 1.165) is 24.4 Å². The Bertz CT molecular complexity index is 899. The number of amides is 2. The lowest BCUT2D eigenvalue weighted by Gasteiger charge is -2.33. The highest BCUT2D eigenvalue weighted by molar-refractivity contribution is 7.99. The molecule has 2 heterocycles. The van der Waals surface area contributed by atoms with Crippen LogP contribution in [0, 0.1) is 5.41 Å². The number of piperidine rings is 1. The van der Waals surface area contributed by atoms with Crippen LogP contribution in [-0.2, 0) is 0 Å². The van der Waals surface area contributed by atoms with Crippen LogP contribution < -0.4 is 10.1 Å². The minimum atomic E-state index is -0.364. The summed E-state index contributed by atoms with van der Waals surface area (Å²) in [4.78, 5) is 31.0. The van der Waals surface area contributed by atoms with E-state index in [9.17, 15) is 9.59 Å². The highest BCUT2D eigenvalue weighted by atomic mass is 32.2. The van der Waals surface area contributed by atoms with E-state index in [1.54, 1.807) is 40.9 Å². The summed E-state index contributed by atoms with van der Waals surface area (Å²) in [7, 11) is 0. The van der Waals surface area contributed by atoms with Crippen molar-refractivity contribution in [1.82, 2.24) is 25.4 Å². The SMILES string of the molecule is CC(C)(C)CC(C)(C)NC(=O)c1ccc(OC(=O)N2CCC(Sc3ncn[nH]3)CC2)cc1. The van der Waals surface area contributed by atoms with E-state index in [4.69, 9.17) is 4.74 Å². The summed E-state index contributed by atoms with van der Waals surface area (Å²) >= 11 is 1.65. The molecule has 0 radical (unpaired) electrons. The van der Waals surface area contributed by atoms with E-state index in [2.05, 4.69) is 41.3 Å². The van der Waals surface area contributed by atoms with Gasteiger partial charge in [-0.15, -0.1) is 0 Å². The molecule has 1 aromatic heterocycles. The molecule has 1 aliphatic rings. The summed E-state index contributed by atoms with van der Waals surface area (Å²) in [6.07, 6.45) is 3.72. The van der Waals surface area contributed by atoms with Crippen LogP contribution in [0.3, 0.4) is 0 Å². The third-order valence-corrected chi connectivity index (χ3v) is 6.34. The molecule has 2 aromatic rings. The van der Waals surface area contributed by atoms with Crippen molar-refractivity contribution in [3.05, 3.63) is 36.2 Å². The largest absolute Gasteiger partial charge is 0.415 e. The maximum absolute atomic E-state index is 12.6. The van der Waals surface area contributed by atoms with Gasteiger partial charge in [0.1, 0.15) is 12.1 Å². The van der Waals surface area contributed by atoms with Crippen molar-refractivity contribution in [3.63, 3.8) is 0 Å². The molecule has 32 heavy (non-hydrogen) atoms. The Hall–Kier alpha value is -2.55. The average Bonchev–Trinajstić information content (AvgIpc) is 3.19. The minimum absolute atomic E-state index is 0.109. The summed E-state index contributed by atoms with van der Waals surface area (Å²) in [6.45, 7) is 11.8. The smallest absolute Gasteiger partial charge is 0.410 e. The Morgan fingerprint density at radius 2 is 1.81 bits per heavy atom. The van der Waals surface area contributed by atoms with Crippen LogP contribution in [0.5, 0.6) is 5.75 Å². The molecule has 0 atom stereocenters. The minimum Gasteiger partial charge on any atom is -0.410 e. The summed E-state index contributed by atoms with van der Waals surface area (Å²) in [5.41, 5.74) is 0.327. The Labute approximate surface area is 193 Å². The van der Waals surface area contributed by atoms with Gasteiger partial charge in [-0.3, -0.25) is 9.89 Å². The number of rotatable bonds is 6. The van der Waals surface area contributed by atoms with Gasteiger partial charge in [-0.05, 0) is 62.8 Å². The van der Waals surface area contributed by atoms with E-state index in [1.807, 2.05) is 13.8 Å². The quantitative estimate of drug-likeness (QED) is 0.659. The number of aromatic nitrogens is 3.